The number of rotatable bonds is 4. The van der Waals surface area contributed by atoms with E-state index in [2.05, 4.69) is 53.8 Å². The van der Waals surface area contributed by atoms with E-state index in [0.717, 1.165) is 0 Å². The smallest absolute Gasteiger partial charge is 0.163 e. The zero-order valence-corrected chi connectivity index (χ0v) is 13.2. The maximum Gasteiger partial charge on any atom is 0.168 e. The van der Waals surface area contributed by atoms with E-state index in [1.807, 2.05) is 0 Å². The zero-order valence-electron chi connectivity index (χ0n) is 11.4. The predicted octanol–water partition coefficient (Wildman–Crippen LogP) is 5.02. The van der Waals surface area contributed by atoms with Crippen LogP contribution < -0.4 is 0 Å². The van der Waals surface area contributed by atoms with E-state index < -0.39 is 7.38 Å². The average Bonchev–Trinajstić information content (AvgIpc) is 2.01. The molecule has 0 heterocycles. The second-order valence-electron chi connectivity index (χ2n) is 5.95. The lowest BCUT2D eigenvalue weighted by atomic mass is 9.45. The highest BCUT2D eigenvalue weighted by Gasteiger charge is 2.31. The topological polar surface area (TPSA) is 0 Å². The van der Waals surface area contributed by atoms with E-state index in [9.17, 15) is 0 Å². The molecule has 0 aliphatic rings. The molecule has 0 amide bonds. The van der Waals surface area contributed by atoms with Crippen LogP contribution in [0.1, 0.15) is 34.6 Å². The molecule has 0 rings (SSSR count). The van der Waals surface area contributed by atoms with Gasteiger partial charge in [-0.1, -0.05) is 71.5 Å². The number of hydrogen-bond donors (Lipinski definition) is 0. The first-order valence-electron chi connectivity index (χ1n) is 6.04. The minimum Gasteiger partial charge on any atom is -0.163 e. The van der Waals surface area contributed by atoms with Gasteiger partial charge in [-0.25, -0.2) is 0 Å². The van der Waals surface area contributed by atoms with Gasteiger partial charge in [-0.05, 0) is 5.41 Å². The fraction of sp³-hybridized carbons (Fsp3) is 0.833. The second-order valence-corrected chi connectivity index (χ2v) is 12.3. The summed E-state index contributed by atoms with van der Waals surface area (Å²) in [5.74, 6) is 0. The quantitative estimate of drug-likeness (QED) is 0.481. The third kappa shape index (κ3) is 5.82. The highest BCUT2D eigenvalue weighted by molar-refractivity contribution is 7.27. The van der Waals surface area contributed by atoms with E-state index in [1.165, 1.54) is 12.6 Å². The van der Waals surface area contributed by atoms with Crippen LogP contribution >= 0.6 is 11.1 Å². The summed E-state index contributed by atoms with van der Waals surface area (Å²) >= 11 is 6.63. The fourth-order valence-electron chi connectivity index (χ4n) is 1.97. The monoisotopic (exact) mass is 244 g/mol. The Kier molecular flexibility index (Phi) is 5.70. The van der Waals surface area contributed by atoms with Crippen LogP contribution in [0.25, 0.3) is 0 Å². The second kappa shape index (κ2) is 5.58. The van der Waals surface area contributed by atoms with Crippen LogP contribution in [-0.2, 0) is 0 Å². The third-order valence-corrected chi connectivity index (χ3v) is 5.28. The minimum atomic E-state index is -1.67. The Balaban J connectivity index is 5.15. The summed E-state index contributed by atoms with van der Waals surface area (Å²) in [5.41, 5.74) is 0.247. The molecule has 0 spiro atoms. The van der Waals surface area contributed by atoms with Crippen molar-refractivity contribution in [3.63, 3.8) is 0 Å². The summed E-state index contributed by atoms with van der Waals surface area (Å²) in [6, 6.07) is 0. The lowest BCUT2D eigenvalue weighted by Crippen LogP contribution is -2.33. The summed E-state index contributed by atoms with van der Waals surface area (Å²) in [7, 11) is -1.67. The van der Waals surface area contributed by atoms with Crippen LogP contribution in [0, 0.1) is 5.41 Å². The van der Waals surface area contributed by atoms with E-state index >= 15 is 0 Å². The minimum absolute atomic E-state index is 0.247. The molecule has 0 atom stereocenters. The molecule has 0 aromatic carbocycles. The summed E-state index contributed by atoms with van der Waals surface area (Å²) in [4.78, 5) is 0. The van der Waals surface area contributed by atoms with Gasteiger partial charge >= 0.3 is 0 Å². The number of hydrogen-bond acceptors (Lipinski definition) is 0. The highest BCUT2D eigenvalue weighted by atomic mass is 35.6. The van der Waals surface area contributed by atoms with Crippen molar-refractivity contribution < 1.29 is 0 Å². The van der Waals surface area contributed by atoms with Crippen LogP contribution in [0.15, 0.2) is 11.2 Å². The van der Waals surface area contributed by atoms with Gasteiger partial charge in [0.25, 0.3) is 0 Å². The molecule has 0 aromatic heterocycles. The van der Waals surface area contributed by atoms with Crippen LogP contribution in [0.5, 0.6) is 0 Å². The van der Waals surface area contributed by atoms with Crippen molar-refractivity contribution in [3.8, 4) is 0 Å². The van der Waals surface area contributed by atoms with Crippen molar-refractivity contribution in [2.45, 2.75) is 60.4 Å². The molecule has 0 saturated heterocycles. The van der Waals surface area contributed by atoms with Crippen molar-refractivity contribution in [2.75, 3.05) is 0 Å². The molecule has 0 radical (unpaired) electrons. The first kappa shape index (κ1) is 15.3. The Morgan fingerprint density at radius 2 is 1.60 bits per heavy atom. The van der Waals surface area contributed by atoms with Gasteiger partial charge in [0.2, 0.25) is 0 Å². The summed E-state index contributed by atoms with van der Waals surface area (Å²) in [6.07, 6.45) is 4.84. The Morgan fingerprint density at radius 1 is 1.20 bits per heavy atom. The number of allylic oxidation sites excluding steroid dienone is 1. The molecule has 0 fully saturated rings. The van der Waals surface area contributed by atoms with E-state index in [-0.39, 0.29) is 5.41 Å². The molecule has 3 heteroatoms. The van der Waals surface area contributed by atoms with Gasteiger partial charge in [0, 0.05) is 0 Å². The largest absolute Gasteiger partial charge is 0.168 e. The van der Waals surface area contributed by atoms with Gasteiger partial charge in [0.05, 0.1) is 0 Å². The molecule has 0 aliphatic carbocycles. The van der Waals surface area contributed by atoms with Crippen molar-refractivity contribution in [1.82, 2.24) is 0 Å². The number of halogens is 1. The Hall–Kier alpha value is 0.312. The van der Waals surface area contributed by atoms with Crippen LogP contribution in [0.2, 0.25) is 25.7 Å². The summed E-state index contributed by atoms with van der Waals surface area (Å²) in [5, 5.41) is 1.54. The molecule has 0 nitrogen and oxygen atoms in total. The fourth-order valence-corrected chi connectivity index (χ4v) is 4.75. The lowest BCUT2D eigenvalue weighted by molar-refractivity contribution is 0.543. The Bertz CT molecular complexity index is 219. The van der Waals surface area contributed by atoms with Crippen molar-refractivity contribution in [3.05, 3.63) is 11.2 Å². The van der Waals surface area contributed by atoms with Crippen LogP contribution in [-0.4, -0.2) is 14.1 Å². The highest BCUT2D eigenvalue weighted by Crippen LogP contribution is 2.30. The predicted molar refractivity (Wildman–Crippen MR) is 77.6 cm³/mol. The van der Waals surface area contributed by atoms with Gasteiger partial charge in [0.1, 0.15) is 0 Å². The van der Waals surface area contributed by atoms with E-state index in [0.29, 0.717) is 6.71 Å². The first-order valence-corrected chi connectivity index (χ1v) is 10.0. The maximum atomic E-state index is 6.63. The SMILES string of the molecule is CCB(CC)/C(=C\C(C)(C)C)[Si](C)(C)Cl. The van der Waals surface area contributed by atoms with Crippen molar-refractivity contribution in [2.24, 2.45) is 5.41 Å². The molecular formula is C12H26BClSi. The van der Waals surface area contributed by atoms with Crippen LogP contribution in [0.4, 0.5) is 0 Å². The zero-order chi connectivity index (χ0) is 12.3. The molecule has 0 saturated carbocycles. The van der Waals surface area contributed by atoms with Crippen LogP contribution in [0.3, 0.4) is 0 Å². The first-order chi connectivity index (χ1) is 6.61. The molecule has 0 bridgehead atoms. The van der Waals surface area contributed by atoms with Gasteiger partial charge in [-0.3, -0.25) is 0 Å². The van der Waals surface area contributed by atoms with E-state index in [1.54, 1.807) is 5.10 Å². The molecule has 0 aliphatic heterocycles. The molecular weight excluding hydrogens is 218 g/mol. The van der Waals surface area contributed by atoms with Gasteiger partial charge in [0.15, 0.2) is 14.1 Å². The Morgan fingerprint density at radius 3 is 1.80 bits per heavy atom. The third-order valence-electron chi connectivity index (χ3n) is 2.70. The summed E-state index contributed by atoms with van der Waals surface area (Å²) in [6.45, 7) is 16.5. The van der Waals surface area contributed by atoms with Crippen molar-refractivity contribution in [1.29, 1.82) is 0 Å². The maximum absolute atomic E-state index is 6.63. The normalized spacial score (nSPS) is 14.3. The molecule has 0 N–H and O–H groups in total. The standard InChI is InChI=1S/C12H26BClSi/c1-8-13(9-2)11(15(6,7)14)10-12(3,4)5/h10H,8-9H2,1-7H3/b11-10+. The summed E-state index contributed by atoms with van der Waals surface area (Å²) < 4.78 is 0. The average molecular weight is 245 g/mol. The van der Waals surface area contributed by atoms with E-state index in [4.69, 9.17) is 11.1 Å². The van der Waals surface area contributed by atoms with Crippen molar-refractivity contribution >= 4 is 25.2 Å². The molecule has 0 aromatic rings. The molecule has 88 valence electrons. The lowest BCUT2D eigenvalue weighted by Gasteiger charge is -2.27. The van der Waals surface area contributed by atoms with Gasteiger partial charge in [-0.2, -0.15) is 11.1 Å². The molecule has 15 heavy (non-hydrogen) atoms. The van der Waals surface area contributed by atoms with Gasteiger partial charge in [-0.15, -0.1) is 0 Å². The Labute approximate surface area is 102 Å². The van der Waals surface area contributed by atoms with Gasteiger partial charge < -0.3 is 0 Å². The molecule has 0 unspecified atom stereocenters.